The van der Waals surface area contributed by atoms with Gasteiger partial charge >= 0.3 is 0 Å². The summed E-state index contributed by atoms with van der Waals surface area (Å²) in [7, 11) is 1.68. The maximum absolute atomic E-state index is 9.54. The van der Waals surface area contributed by atoms with Gasteiger partial charge in [-0.05, 0) is 12.8 Å². The van der Waals surface area contributed by atoms with Gasteiger partial charge in [0.25, 0.3) is 0 Å². The summed E-state index contributed by atoms with van der Waals surface area (Å²) in [5.41, 5.74) is 0. The molecule has 1 unspecified atom stereocenters. The number of rotatable bonds is 11. The van der Waals surface area contributed by atoms with Gasteiger partial charge in [-0.1, -0.05) is 51.9 Å². The minimum atomic E-state index is -0.152. The highest BCUT2D eigenvalue weighted by Gasteiger charge is 2.02. The minimum Gasteiger partial charge on any atom is -0.393 e. The molecule has 2 heteroatoms. The summed E-state index contributed by atoms with van der Waals surface area (Å²) in [6.07, 6.45) is 10.8. The number of hydrogen-bond donors (Lipinski definition) is 1. The van der Waals surface area contributed by atoms with Crippen LogP contribution >= 0.6 is 0 Å². The molecule has 0 aromatic heterocycles. The quantitative estimate of drug-likeness (QED) is 0.535. The molecule has 0 spiro atoms. The van der Waals surface area contributed by atoms with Crippen LogP contribution in [0.3, 0.4) is 0 Å². The molecule has 0 heterocycles. The van der Waals surface area contributed by atoms with Gasteiger partial charge < -0.3 is 9.84 Å². The van der Waals surface area contributed by atoms with Crippen molar-refractivity contribution in [3.8, 4) is 0 Å². The highest BCUT2D eigenvalue weighted by atomic mass is 16.5. The van der Waals surface area contributed by atoms with E-state index in [1.165, 1.54) is 38.5 Å². The number of methoxy groups -OCH3 is 1. The van der Waals surface area contributed by atoms with Crippen LogP contribution in [0.1, 0.15) is 64.7 Å². The van der Waals surface area contributed by atoms with Gasteiger partial charge in [-0.25, -0.2) is 0 Å². The average molecular weight is 216 g/mol. The third-order valence-electron chi connectivity index (χ3n) is 2.80. The molecule has 0 fully saturated rings. The fourth-order valence-corrected chi connectivity index (χ4v) is 1.74. The van der Waals surface area contributed by atoms with E-state index >= 15 is 0 Å². The molecule has 15 heavy (non-hydrogen) atoms. The van der Waals surface area contributed by atoms with E-state index < -0.39 is 0 Å². The number of aliphatic hydroxyl groups excluding tert-OH is 1. The standard InChI is InChI=1S/C13H28O2/c1-3-4-5-6-7-8-9-10-13(14)11-12-15-2/h13-14H,3-12H2,1-2H3. The summed E-state index contributed by atoms with van der Waals surface area (Å²) in [5.74, 6) is 0. The first-order chi connectivity index (χ1) is 7.31. The Morgan fingerprint density at radius 3 is 2.13 bits per heavy atom. The molecule has 0 amide bonds. The molecule has 92 valence electrons. The van der Waals surface area contributed by atoms with E-state index in [2.05, 4.69) is 6.92 Å². The molecule has 0 saturated heterocycles. The second-order valence-corrected chi connectivity index (χ2v) is 4.35. The first-order valence-corrected chi connectivity index (χ1v) is 6.48. The lowest BCUT2D eigenvalue weighted by Crippen LogP contribution is -2.09. The second kappa shape index (κ2) is 12.0. The molecule has 0 saturated carbocycles. The highest BCUT2D eigenvalue weighted by Crippen LogP contribution is 2.10. The Hall–Kier alpha value is -0.0800. The zero-order chi connectivity index (χ0) is 11.4. The third kappa shape index (κ3) is 11.8. The zero-order valence-electron chi connectivity index (χ0n) is 10.5. The summed E-state index contributed by atoms with van der Waals surface area (Å²) < 4.78 is 4.92. The van der Waals surface area contributed by atoms with Crippen molar-refractivity contribution in [1.82, 2.24) is 0 Å². The van der Waals surface area contributed by atoms with E-state index in [0.717, 1.165) is 19.3 Å². The maximum atomic E-state index is 9.54. The van der Waals surface area contributed by atoms with Crippen LogP contribution in [-0.4, -0.2) is 24.9 Å². The van der Waals surface area contributed by atoms with Gasteiger partial charge in [-0.2, -0.15) is 0 Å². The number of ether oxygens (including phenoxy) is 1. The molecular formula is C13H28O2. The molecule has 0 aliphatic rings. The summed E-state index contributed by atoms with van der Waals surface area (Å²) in [5, 5.41) is 9.54. The van der Waals surface area contributed by atoms with E-state index in [-0.39, 0.29) is 6.10 Å². The second-order valence-electron chi connectivity index (χ2n) is 4.35. The number of hydrogen-bond acceptors (Lipinski definition) is 2. The Balaban J connectivity index is 3.02. The predicted octanol–water partition coefficient (Wildman–Crippen LogP) is 3.52. The Labute approximate surface area is 95.0 Å². The molecule has 0 aliphatic heterocycles. The van der Waals surface area contributed by atoms with Gasteiger partial charge in [-0.3, -0.25) is 0 Å². The molecule has 0 rings (SSSR count). The lowest BCUT2D eigenvalue weighted by atomic mass is 10.1. The largest absolute Gasteiger partial charge is 0.393 e. The topological polar surface area (TPSA) is 29.5 Å². The van der Waals surface area contributed by atoms with Crippen molar-refractivity contribution in [2.45, 2.75) is 70.8 Å². The molecule has 0 aromatic carbocycles. The average Bonchev–Trinajstić information content (AvgIpc) is 2.25. The normalized spacial score (nSPS) is 13.0. The van der Waals surface area contributed by atoms with Crippen molar-refractivity contribution in [3.05, 3.63) is 0 Å². The molecular weight excluding hydrogens is 188 g/mol. The Kier molecular flexibility index (Phi) is 11.9. The summed E-state index contributed by atoms with van der Waals surface area (Å²) in [4.78, 5) is 0. The van der Waals surface area contributed by atoms with Gasteiger partial charge in [0, 0.05) is 13.7 Å². The van der Waals surface area contributed by atoms with Crippen molar-refractivity contribution >= 4 is 0 Å². The Morgan fingerprint density at radius 2 is 1.53 bits per heavy atom. The van der Waals surface area contributed by atoms with Crippen LogP contribution in [-0.2, 0) is 4.74 Å². The van der Waals surface area contributed by atoms with Crippen LogP contribution in [0, 0.1) is 0 Å². The molecule has 0 radical (unpaired) electrons. The van der Waals surface area contributed by atoms with Gasteiger partial charge in [0.1, 0.15) is 0 Å². The van der Waals surface area contributed by atoms with E-state index in [4.69, 9.17) is 4.74 Å². The Bertz CT molecular complexity index is 115. The first-order valence-electron chi connectivity index (χ1n) is 6.48. The molecule has 1 atom stereocenters. The fraction of sp³-hybridized carbons (Fsp3) is 1.00. The lowest BCUT2D eigenvalue weighted by Gasteiger charge is -2.09. The van der Waals surface area contributed by atoms with Crippen LogP contribution in [0.2, 0.25) is 0 Å². The SMILES string of the molecule is CCCCCCCCCC(O)CCOC. The highest BCUT2D eigenvalue weighted by molar-refractivity contribution is 4.55. The Morgan fingerprint density at radius 1 is 0.933 bits per heavy atom. The fourth-order valence-electron chi connectivity index (χ4n) is 1.74. The van der Waals surface area contributed by atoms with Crippen LogP contribution in [0.15, 0.2) is 0 Å². The van der Waals surface area contributed by atoms with Crippen LogP contribution < -0.4 is 0 Å². The van der Waals surface area contributed by atoms with Crippen molar-refractivity contribution in [1.29, 1.82) is 0 Å². The van der Waals surface area contributed by atoms with Crippen molar-refractivity contribution in [2.75, 3.05) is 13.7 Å². The van der Waals surface area contributed by atoms with E-state index in [1.54, 1.807) is 7.11 Å². The maximum Gasteiger partial charge on any atom is 0.0562 e. The molecule has 2 nitrogen and oxygen atoms in total. The number of aliphatic hydroxyl groups is 1. The van der Waals surface area contributed by atoms with Crippen molar-refractivity contribution in [3.63, 3.8) is 0 Å². The van der Waals surface area contributed by atoms with Gasteiger partial charge in [-0.15, -0.1) is 0 Å². The van der Waals surface area contributed by atoms with Crippen LogP contribution in [0.25, 0.3) is 0 Å². The van der Waals surface area contributed by atoms with Gasteiger partial charge in [0.05, 0.1) is 6.10 Å². The molecule has 0 bridgehead atoms. The van der Waals surface area contributed by atoms with E-state index in [0.29, 0.717) is 6.61 Å². The summed E-state index contributed by atoms with van der Waals surface area (Å²) in [6.45, 7) is 2.92. The van der Waals surface area contributed by atoms with E-state index in [9.17, 15) is 5.11 Å². The van der Waals surface area contributed by atoms with Crippen LogP contribution in [0.4, 0.5) is 0 Å². The van der Waals surface area contributed by atoms with Crippen molar-refractivity contribution in [2.24, 2.45) is 0 Å². The number of unbranched alkanes of at least 4 members (excludes halogenated alkanes) is 6. The molecule has 1 N–H and O–H groups in total. The smallest absolute Gasteiger partial charge is 0.0562 e. The van der Waals surface area contributed by atoms with Gasteiger partial charge in [0.2, 0.25) is 0 Å². The van der Waals surface area contributed by atoms with E-state index in [1.807, 2.05) is 0 Å². The minimum absolute atomic E-state index is 0.152. The van der Waals surface area contributed by atoms with Crippen LogP contribution in [0.5, 0.6) is 0 Å². The summed E-state index contributed by atoms with van der Waals surface area (Å²) in [6, 6.07) is 0. The summed E-state index contributed by atoms with van der Waals surface area (Å²) >= 11 is 0. The molecule has 0 aliphatic carbocycles. The monoisotopic (exact) mass is 216 g/mol. The predicted molar refractivity (Wildman–Crippen MR) is 65.1 cm³/mol. The zero-order valence-corrected chi connectivity index (χ0v) is 10.5. The lowest BCUT2D eigenvalue weighted by molar-refractivity contribution is 0.102. The third-order valence-corrected chi connectivity index (χ3v) is 2.80. The first kappa shape index (κ1) is 14.9. The van der Waals surface area contributed by atoms with Crippen molar-refractivity contribution < 1.29 is 9.84 Å². The molecule has 0 aromatic rings. The van der Waals surface area contributed by atoms with Gasteiger partial charge in [0.15, 0.2) is 0 Å².